The van der Waals surface area contributed by atoms with Crippen LogP contribution in [0.3, 0.4) is 0 Å². The maximum absolute atomic E-state index is 12.5. The van der Waals surface area contributed by atoms with E-state index in [4.69, 9.17) is 5.73 Å². The third-order valence-electron chi connectivity index (χ3n) is 5.45. The minimum Gasteiger partial charge on any atom is -0.341 e. The van der Waals surface area contributed by atoms with E-state index in [9.17, 15) is 9.59 Å². The molecule has 2 atom stereocenters. The molecule has 23 heavy (non-hydrogen) atoms. The summed E-state index contributed by atoms with van der Waals surface area (Å²) in [6, 6.07) is 0. The Morgan fingerprint density at radius 3 is 2.09 bits per heavy atom. The fraction of sp³-hybridized carbons (Fsp3) is 0.882. The minimum atomic E-state index is -0.571. The van der Waals surface area contributed by atoms with Crippen molar-refractivity contribution in [3.8, 4) is 0 Å². The van der Waals surface area contributed by atoms with Crippen molar-refractivity contribution in [2.75, 3.05) is 45.8 Å². The van der Waals surface area contributed by atoms with E-state index in [1.165, 1.54) is 6.42 Å². The van der Waals surface area contributed by atoms with Crippen LogP contribution in [0.4, 0.5) is 0 Å². The minimum absolute atomic E-state index is 0.0992. The number of nitrogens with two attached hydrogens (primary N) is 1. The van der Waals surface area contributed by atoms with E-state index in [1.54, 1.807) is 0 Å². The molecule has 6 heteroatoms. The van der Waals surface area contributed by atoms with Gasteiger partial charge in [-0.2, -0.15) is 0 Å². The van der Waals surface area contributed by atoms with Gasteiger partial charge in [0, 0.05) is 39.3 Å². The summed E-state index contributed by atoms with van der Waals surface area (Å²) in [5.41, 5.74) is 5.42. The first-order valence-electron chi connectivity index (χ1n) is 8.96. The van der Waals surface area contributed by atoms with Crippen LogP contribution in [0.2, 0.25) is 0 Å². The van der Waals surface area contributed by atoms with Gasteiger partial charge in [0.1, 0.15) is 0 Å². The Morgan fingerprint density at radius 2 is 1.57 bits per heavy atom. The maximum atomic E-state index is 12.5. The third kappa shape index (κ3) is 3.86. The van der Waals surface area contributed by atoms with E-state index in [0.717, 1.165) is 39.0 Å². The second kappa shape index (κ2) is 6.40. The van der Waals surface area contributed by atoms with Gasteiger partial charge in [-0.05, 0) is 31.1 Å². The Balaban J connectivity index is 1.45. The highest BCUT2D eigenvalue weighted by Crippen LogP contribution is 2.34. The molecular formula is C17H30N4O2. The molecule has 2 amide bonds. The van der Waals surface area contributed by atoms with Crippen LogP contribution < -0.4 is 5.73 Å². The summed E-state index contributed by atoms with van der Waals surface area (Å²) in [5.74, 6) is 1.52. The molecule has 3 fully saturated rings. The van der Waals surface area contributed by atoms with Gasteiger partial charge >= 0.3 is 0 Å². The first kappa shape index (κ1) is 16.7. The zero-order chi connectivity index (χ0) is 16.6. The van der Waals surface area contributed by atoms with Gasteiger partial charge in [0.05, 0.1) is 12.1 Å². The number of carbonyl (C=O) groups is 2. The quantitative estimate of drug-likeness (QED) is 0.802. The molecule has 2 N–H and O–H groups in total. The molecule has 0 aromatic heterocycles. The zero-order valence-electron chi connectivity index (χ0n) is 14.5. The molecule has 0 spiro atoms. The second-order valence-corrected chi connectivity index (χ2v) is 7.97. The maximum Gasteiger partial charge on any atom is 0.242 e. The molecule has 0 aromatic rings. The van der Waals surface area contributed by atoms with E-state index < -0.39 is 5.54 Å². The Bertz CT molecular complexity index is 459. The Hall–Kier alpha value is -1.14. The van der Waals surface area contributed by atoms with Gasteiger partial charge < -0.3 is 15.5 Å². The number of rotatable bonds is 3. The molecule has 0 bridgehead atoms. The highest BCUT2D eigenvalue weighted by Gasteiger charge is 2.48. The van der Waals surface area contributed by atoms with Crippen molar-refractivity contribution in [1.82, 2.24) is 14.7 Å². The molecule has 3 rings (SSSR count). The zero-order valence-corrected chi connectivity index (χ0v) is 14.5. The van der Waals surface area contributed by atoms with Crippen molar-refractivity contribution >= 4 is 11.8 Å². The summed E-state index contributed by atoms with van der Waals surface area (Å²) in [6.07, 6.45) is 2.84. The van der Waals surface area contributed by atoms with Gasteiger partial charge in [0.15, 0.2) is 0 Å². The van der Waals surface area contributed by atoms with E-state index in [1.807, 2.05) is 9.80 Å². The van der Waals surface area contributed by atoms with Crippen LogP contribution in [-0.2, 0) is 9.59 Å². The van der Waals surface area contributed by atoms with Gasteiger partial charge in [-0.3, -0.25) is 14.5 Å². The first-order chi connectivity index (χ1) is 10.9. The molecule has 2 aliphatic heterocycles. The summed E-state index contributed by atoms with van der Waals surface area (Å²) in [5, 5.41) is 0. The summed E-state index contributed by atoms with van der Waals surface area (Å²) in [4.78, 5) is 30.8. The molecular weight excluding hydrogens is 292 g/mol. The number of piperidine rings is 1. The number of hydrogen-bond donors (Lipinski definition) is 1. The van der Waals surface area contributed by atoms with E-state index >= 15 is 0 Å². The van der Waals surface area contributed by atoms with Crippen LogP contribution in [-0.4, -0.2) is 77.9 Å². The van der Waals surface area contributed by atoms with E-state index in [-0.39, 0.29) is 11.8 Å². The van der Waals surface area contributed by atoms with Crippen LogP contribution in [0.15, 0.2) is 0 Å². The van der Waals surface area contributed by atoms with Crippen LogP contribution in [0.5, 0.6) is 0 Å². The summed E-state index contributed by atoms with van der Waals surface area (Å²) in [6.45, 7) is 9.63. The fourth-order valence-corrected chi connectivity index (χ4v) is 3.93. The Kier molecular flexibility index (Phi) is 4.65. The van der Waals surface area contributed by atoms with Crippen molar-refractivity contribution in [3.63, 3.8) is 0 Å². The largest absolute Gasteiger partial charge is 0.341 e. The van der Waals surface area contributed by atoms with Gasteiger partial charge in [0.2, 0.25) is 11.8 Å². The Morgan fingerprint density at radius 1 is 1.00 bits per heavy atom. The molecule has 2 saturated heterocycles. The van der Waals surface area contributed by atoms with Gasteiger partial charge in [-0.1, -0.05) is 13.8 Å². The van der Waals surface area contributed by atoms with E-state index in [2.05, 4.69) is 18.7 Å². The van der Waals surface area contributed by atoms with Gasteiger partial charge in [-0.25, -0.2) is 0 Å². The molecule has 3 aliphatic rings. The normalized spacial score (nSPS) is 31.1. The number of amides is 2. The molecule has 6 nitrogen and oxygen atoms in total. The van der Waals surface area contributed by atoms with Crippen molar-refractivity contribution in [3.05, 3.63) is 0 Å². The molecule has 0 radical (unpaired) electrons. The third-order valence-corrected chi connectivity index (χ3v) is 5.45. The molecule has 1 aliphatic carbocycles. The molecule has 1 saturated carbocycles. The standard InChI is InChI=1S/C17H30N4O2/c1-13-9-14(2)11-21(10-13)15(22)12-19-5-7-20(8-6-19)16(23)17(18)3-4-17/h13-14H,3-12,18H2,1-2H3. The SMILES string of the molecule is CC1CC(C)CN(C(=O)CN2CCN(C(=O)C3(N)CC3)CC2)C1. The monoisotopic (exact) mass is 322 g/mol. The molecule has 2 heterocycles. The van der Waals surface area contributed by atoms with Crippen molar-refractivity contribution in [1.29, 1.82) is 0 Å². The first-order valence-corrected chi connectivity index (χ1v) is 8.96. The number of carbonyl (C=O) groups excluding carboxylic acids is 2. The highest BCUT2D eigenvalue weighted by atomic mass is 16.2. The predicted molar refractivity (Wildman–Crippen MR) is 88.7 cm³/mol. The average molecular weight is 322 g/mol. The van der Waals surface area contributed by atoms with Crippen LogP contribution in [0.1, 0.15) is 33.1 Å². The lowest BCUT2D eigenvalue weighted by Gasteiger charge is -2.39. The fourth-order valence-electron chi connectivity index (χ4n) is 3.93. The molecule has 0 aromatic carbocycles. The lowest BCUT2D eigenvalue weighted by molar-refractivity contribution is -0.137. The Labute approximate surface area is 139 Å². The number of hydrogen-bond acceptors (Lipinski definition) is 4. The number of likely N-dealkylation sites (tertiary alicyclic amines) is 1. The van der Waals surface area contributed by atoms with Crippen molar-refractivity contribution in [2.45, 2.75) is 38.6 Å². The lowest BCUT2D eigenvalue weighted by atomic mass is 9.92. The second-order valence-electron chi connectivity index (χ2n) is 7.97. The molecule has 130 valence electrons. The molecule has 2 unspecified atom stereocenters. The highest BCUT2D eigenvalue weighted by molar-refractivity contribution is 5.89. The van der Waals surface area contributed by atoms with Crippen molar-refractivity contribution < 1.29 is 9.59 Å². The van der Waals surface area contributed by atoms with Gasteiger partial charge in [-0.15, -0.1) is 0 Å². The van der Waals surface area contributed by atoms with E-state index in [0.29, 0.717) is 31.5 Å². The average Bonchev–Trinajstić information content (AvgIpc) is 3.25. The predicted octanol–water partition coefficient (Wildman–Crippen LogP) is 0.126. The van der Waals surface area contributed by atoms with Crippen LogP contribution in [0, 0.1) is 11.8 Å². The number of piperazine rings is 1. The van der Waals surface area contributed by atoms with Gasteiger partial charge in [0.25, 0.3) is 0 Å². The number of nitrogens with zero attached hydrogens (tertiary/aromatic N) is 3. The van der Waals surface area contributed by atoms with Crippen molar-refractivity contribution in [2.24, 2.45) is 17.6 Å². The topological polar surface area (TPSA) is 69.9 Å². The summed E-state index contributed by atoms with van der Waals surface area (Å²) < 4.78 is 0. The summed E-state index contributed by atoms with van der Waals surface area (Å²) >= 11 is 0. The van der Waals surface area contributed by atoms with Crippen LogP contribution in [0.25, 0.3) is 0 Å². The summed E-state index contributed by atoms with van der Waals surface area (Å²) in [7, 11) is 0. The van der Waals surface area contributed by atoms with Crippen LogP contribution >= 0.6 is 0 Å². The lowest BCUT2D eigenvalue weighted by Crippen LogP contribution is -2.56. The smallest absolute Gasteiger partial charge is 0.242 e.